The van der Waals surface area contributed by atoms with Gasteiger partial charge in [0.05, 0.1) is 0 Å². The number of rotatable bonds is 5. The predicted octanol–water partition coefficient (Wildman–Crippen LogP) is 4.73. The summed E-state index contributed by atoms with van der Waals surface area (Å²) < 4.78 is 6.08. The lowest BCUT2D eigenvalue weighted by Crippen LogP contribution is -2.46. The van der Waals surface area contributed by atoms with E-state index in [0.717, 1.165) is 81.3 Å². The van der Waals surface area contributed by atoms with Crippen molar-refractivity contribution in [3.05, 3.63) is 59.2 Å². The normalized spacial score (nSPS) is 23.2. The lowest BCUT2D eigenvalue weighted by molar-refractivity contribution is 0.0658. The third-order valence-corrected chi connectivity index (χ3v) is 8.40. The summed E-state index contributed by atoms with van der Waals surface area (Å²) >= 11 is 0. The molecule has 1 saturated carbocycles. The molecule has 3 heterocycles. The number of benzene rings is 2. The second kappa shape index (κ2) is 9.65. The van der Waals surface area contributed by atoms with Crippen LogP contribution in [-0.2, 0) is 6.42 Å². The van der Waals surface area contributed by atoms with Crippen LogP contribution in [0.3, 0.4) is 0 Å². The number of hydrogen-bond donors (Lipinski definition) is 0. The first-order valence-corrected chi connectivity index (χ1v) is 13.4. The van der Waals surface area contributed by atoms with Gasteiger partial charge in [0.25, 0.3) is 11.8 Å². The molecule has 6 nitrogen and oxygen atoms in total. The van der Waals surface area contributed by atoms with Crippen molar-refractivity contribution in [2.75, 3.05) is 32.7 Å². The summed E-state index contributed by atoms with van der Waals surface area (Å²) in [7, 11) is 0. The number of nitrogens with zero attached hydrogens (tertiary/aromatic N) is 3. The standard InChI is InChI=1S/C29H35N3O3/c33-28(30-15-3-4-16-30)21-7-9-25(10-8-21)35-26-11-12-27-22(19-26)13-18-32(29(27)34)24-14-17-31(20-24)23-5-1-2-6-23/h7-12,19,23-24H,1-6,13-18,20H2/t24-/m1/s1. The Balaban J connectivity index is 1.09. The minimum atomic E-state index is 0.0968. The van der Waals surface area contributed by atoms with Crippen LogP contribution in [0.2, 0.25) is 0 Å². The Bertz CT molecular complexity index is 1090. The minimum absolute atomic E-state index is 0.0968. The van der Waals surface area contributed by atoms with Gasteiger partial charge in [0.1, 0.15) is 11.5 Å². The topological polar surface area (TPSA) is 53.1 Å². The Kier molecular flexibility index (Phi) is 6.23. The Labute approximate surface area is 207 Å². The van der Waals surface area contributed by atoms with Crippen LogP contribution in [-0.4, -0.2) is 71.3 Å². The fraction of sp³-hybridized carbons (Fsp3) is 0.517. The summed E-state index contributed by atoms with van der Waals surface area (Å²) in [6.07, 6.45) is 9.49. The average Bonchev–Trinajstić information content (AvgIpc) is 3.67. The molecule has 1 atom stereocenters. The van der Waals surface area contributed by atoms with Gasteiger partial charge < -0.3 is 14.5 Å². The highest BCUT2D eigenvalue weighted by Crippen LogP contribution is 2.32. The zero-order valence-corrected chi connectivity index (χ0v) is 20.5. The van der Waals surface area contributed by atoms with E-state index in [0.29, 0.717) is 17.4 Å². The van der Waals surface area contributed by atoms with E-state index in [9.17, 15) is 9.59 Å². The van der Waals surface area contributed by atoms with E-state index in [4.69, 9.17) is 4.74 Å². The molecule has 6 heteroatoms. The number of carbonyl (C=O) groups is 2. The molecule has 2 amide bonds. The van der Waals surface area contributed by atoms with Crippen molar-refractivity contribution in [2.24, 2.45) is 0 Å². The zero-order valence-electron chi connectivity index (χ0n) is 20.5. The maximum Gasteiger partial charge on any atom is 0.254 e. The second-order valence-corrected chi connectivity index (χ2v) is 10.6. The molecule has 3 fully saturated rings. The van der Waals surface area contributed by atoms with Crippen LogP contribution in [0.25, 0.3) is 0 Å². The van der Waals surface area contributed by atoms with E-state index in [2.05, 4.69) is 9.80 Å². The van der Waals surface area contributed by atoms with E-state index >= 15 is 0 Å². The van der Waals surface area contributed by atoms with Crippen LogP contribution in [0, 0.1) is 0 Å². The van der Waals surface area contributed by atoms with Gasteiger partial charge in [-0.1, -0.05) is 12.8 Å². The molecule has 0 bridgehead atoms. The van der Waals surface area contributed by atoms with Crippen LogP contribution in [0.5, 0.6) is 11.5 Å². The zero-order chi connectivity index (χ0) is 23.8. The first-order chi connectivity index (χ1) is 17.2. The van der Waals surface area contributed by atoms with Crippen LogP contribution in [0.15, 0.2) is 42.5 Å². The minimum Gasteiger partial charge on any atom is -0.457 e. The molecule has 184 valence electrons. The molecule has 0 unspecified atom stereocenters. The second-order valence-electron chi connectivity index (χ2n) is 10.6. The van der Waals surface area contributed by atoms with Crippen LogP contribution in [0.4, 0.5) is 0 Å². The monoisotopic (exact) mass is 473 g/mol. The van der Waals surface area contributed by atoms with E-state index in [-0.39, 0.29) is 11.8 Å². The fourth-order valence-electron chi connectivity index (χ4n) is 6.42. The van der Waals surface area contributed by atoms with Crippen LogP contribution in [0.1, 0.15) is 71.2 Å². The van der Waals surface area contributed by atoms with Gasteiger partial charge in [-0.2, -0.15) is 0 Å². The maximum absolute atomic E-state index is 13.3. The molecular formula is C29H35N3O3. The molecule has 0 N–H and O–H groups in total. The third kappa shape index (κ3) is 4.56. The molecule has 2 aromatic rings. The maximum atomic E-state index is 13.3. The average molecular weight is 474 g/mol. The highest BCUT2D eigenvalue weighted by atomic mass is 16.5. The molecule has 35 heavy (non-hydrogen) atoms. The summed E-state index contributed by atoms with van der Waals surface area (Å²) in [5, 5.41) is 0. The van der Waals surface area contributed by atoms with E-state index in [1.54, 1.807) is 0 Å². The number of ether oxygens (including phenoxy) is 1. The molecule has 2 aromatic carbocycles. The molecule has 2 saturated heterocycles. The van der Waals surface area contributed by atoms with Gasteiger partial charge >= 0.3 is 0 Å². The van der Waals surface area contributed by atoms with E-state index in [1.807, 2.05) is 47.4 Å². The van der Waals surface area contributed by atoms with Crippen molar-refractivity contribution in [1.29, 1.82) is 0 Å². The molecule has 3 aliphatic heterocycles. The molecule has 6 rings (SSSR count). The van der Waals surface area contributed by atoms with Gasteiger partial charge in [0, 0.05) is 55.9 Å². The number of hydrogen-bond acceptors (Lipinski definition) is 4. The molecule has 0 spiro atoms. The van der Waals surface area contributed by atoms with Gasteiger partial charge in [-0.15, -0.1) is 0 Å². The van der Waals surface area contributed by atoms with Crippen molar-refractivity contribution in [3.63, 3.8) is 0 Å². The van der Waals surface area contributed by atoms with Crippen molar-refractivity contribution < 1.29 is 14.3 Å². The Morgan fingerprint density at radius 1 is 0.800 bits per heavy atom. The molecule has 0 radical (unpaired) electrons. The molecule has 0 aromatic heterocycles. The molecular weight excluding hydrogens is 438 g/mol. The Morgan fingerprint density at radius 2 is 1.54 bits per heavy atom. The summed E-state index contributed by atoms with van der Waals surface area (Å²) in [5.41, 5.74) is 2.58. The first kappa shape index (κ1) is 22.6. The number of likely N-dealkylation sites (tertiary alicyclic amines) is 2. The van der Waals surface area contributed by atoms with Gasteiger partial charge in [-0.05, 0) is 86.6 Å². The SMILES string of the molecule is O=C(c1ccc(Oc2ccc3c(c2)CCN([C@@H]2CCN(C4CCCC4)C2)C3=O)cc1)N1CCCC1. The summed E-state index contributed by atoms with van der Waals surface area (Å²) in [5.74, 6) is 1.70. The molecule has 1 aliphatic carbocycles. The Morgan fingerprint density at radius 3 is 2.31 bits per heavy atom. The lowest BCUT2D eigenvalue weighted by Gasteiger charge is -2.34. The molecule has 4 aliphatic rings. The van der Waals surface area contributed by atoms with Crippen LogP contribution < -0.4 is 4.74 Å². The number of amides is 2. The summed E-state index contributed by atoms with van der Waals surface area (Å²) in [4.78, 5) is 32.6. The number of carbonyl (C=O) groups excluding carboxylic acids is 2. The smallest absolute Gasteiger partial charge is 0.254 e. The third-order valence-electron chi connectivity index (χ3n) is 8.40. The van der Waals surface area contributed by atoms with Gasteiger partial charge in [-0.3, -0.25) is 14.5 Å². The fourth-order valence-corrected chi connectivity index (χ4v) is 6.42. The first-order valence-electron chi connectivity index (χ1n) is 13.4. The predicted molar refractivity (Wildman–Crippen MR) is 135 cm³/mol. The van der Waals surface area contributed by atoms with E-state index in [1.165, 1.54) is 25.7 Å². The van der Waals surface area contributed by atoms with Gasteiger partial charge in [0.15, 0.2) is 0 Å². The van der Waals surface area contributed by atoms with Crippen molar-refractivity contribution in [3.8, 4) is 11.5 Å². The highest BCUT2D eigenvalue weighted by Gasteiger charge is 2.37. The summed E-state index contributed by atoms with van der Waals surface area (Å²) in [6.45, 7) is 4.64. The van der Waals surface area contributed by atoms with Crippen LogP contribution >= 0.6 is 0 Å². The van der Waals surface area contributed by atoms with Gasteiger partial charge in [-0.25, -0.2) is 0 Å². The van der Waals surface area contributed by atoms with Gasteiger partial charge in [0.2, 0.25) is 0 Å². The largest absolute Gasteiger partial charge is 0.457 e. The highest BCUT2D eigenvalue weighted by molar-refractivity contribution is 5.97. The van der Waals surface area contributed by atoms with Crippen molar-refractivity contribution in [1.82, 2.24) is 14.7 Å². The van der Waals surface area contributed by atoms with Crippen molar-refractivity contribution >= 4 is 11.8 Å². The lowest BCUT2D eigenvalue weighted by atomic mass is 9.97. The van der Waals surface area contributed by atoms with E-state index < -0.39 is 0 Å². The number of fused-ring (bicyclic) bond motifs is 1. The van der Waals surface area contributed by atoms with Crippen molar-refractivity contribution in [2.45, 2.75) is 63.5 Å². The Hall–Kier alpha value is -2.86. The quantitative estimate of drug-likeness (QED) is 0.630. The summed E-state index contributed by atoms with van der Waals surface area (Å²) in [6, 6.07) is 14.3.